The standard InChI is InChI=1S/C11H11FO2/c1-14-11(13)4-2-3-9-5-7-10(12)8-6-9/h2-3,5-8H,4H2,1H3/b3-2+. The van der Waals surface area contributed by atoms with Crippen molar-refractivity contribution in [2.45, 2.75) is 6.42 Å². The van der Waals surface area contributed by atoms with Gasteiger partial charge in [0, 0.05) is 0 Å². The van der Waals surface area contributed by atoms with Crippen LogP contribution in [0.15, 0.2) is 30.3 Å². The maximum atomic E-state index is 12.5. The van der Waals surface area contributed by atoms with Crippen LogP contribution in [0.1, 0.15) is 12.0 Å². The average Bonchev–Trinajstić information content (AvgIpc) is 2.21. The van der Waals surface area contributed by atoms with Crippen molar-refractivity contribution < 1.29 is 13.9 Å². The van der Waals surface area contributed by atoms with Gasteiger partial charge in [-0.25, -0.2) is 4.39 Å². The van der Waals surface area contributed by atoms with Crippen LogP contribution in [0.4, 0.5) is 4.39 Å². The van der Waals surface area contributed by atoms with Gasteiger partial charge in [0.2, 0.25) is 0 Å². The summed E-state index contributed by atoms with van der Waals surface area (Å²) >= 11 is 0. The second-order valence-corrected chi connectivity index (χ2v) is 2.73. The Morgan fingerprint density at radius 2 is 2.07 bits per heavy atom. The van der Waals surface area contributed by atoms with E-state index in [-0.39, 0.29) is 18.2 Å². The Balaban J connectivity index is 2.52. The first-order chi connectivity index (χ1) is 6.72. The highest BCUT2D eigenvalue weighted by Gasteiger charge is 1.94. The van der Waals surface area contributed by atoms with Gasteiger partial charge in [0.05, 0.1) is 13.5 Å². The topological polar surface area (TPSA) is 26.3 Å². The third kappa shape index (κ3) is 3.39. The fourth-order valence-corrected chi connectivity index (χ4v) is 0.948. The summed E-state index contributed by atoms with van der Waals surface area (Å²) in [5, 5.41) is 0. The molecule has 1 rings (SSSR count). The number of hydrogen-bond donors (Lipinski definition) is 0. The molecule has 0 aliphatic rings. The number of esters is 1. The van der Waals surface area contributed by atoms with Crippen LogP contribution in [0.5, 0.6) is 0 Å². The molecule has 0 aromatic heterocycles. The summed E-state index contributed by atoms with van der Waals surface area (Å²) in [6.45, 7) is 0. The molecule has 0 saturated carbocycles. The van der Waals surface area contributed by atoms with Gasteiger partial charge in [-0.1, -0.05) is 24.3 Å². The third-order valence-corrected chi connectivity index (χ3v) is 1.69. The molecule has 14 heavy (non-hydrogen) atoms. The third-order valence-electron chi connectivity index (χ3n) is 1.69. The number of ether oxygens (including phenoxy) is 1. The summed E-state index contributed by atoms with van der Waals surface area (Å²) in [5.74, 6) is -0.557. The molecular formula is C11H11FO2. The van der Waals surface area contributed by atoms with E-state index in [2.05, 4.69) is 4.74 Å². The molecule has 0 N–H and O–H groups in total. The number of hydrogen-bond acceptors (Lipinski definition) is 2. The predicted molar refractivity (Wildman–Crippen MR) is 52.1 cm³/mol. The lowest BCUT2D eigenvalue weighted by molar-refractivity contribution is -0.139. The first kappa shape index (κ1) is 10.4. The molecule has 2 nitrogen and oxygen atoms in total. The number of halogens is 1. The van der Waals surface area contributed by atoms with E-state index in [1.807, 2.05) is 0 Å². The molecule has 0 aliphatic heterocycles. The van der Waals surface area contributed by atoms with Crippen molar-refractivity contribution in [2.24, 2.45) is 0 Å². The minimum absolute atomic E-state index is 0.230. The van der Waals surface area contributed by atoms with Crippen LogP contribution in [0, 0.1) is 5.82 Å². The molecule has 0 amide bonds. The largest absolute Gasteiger partial charge is 0.469 e. The summed E-state index contributed by atoms with van der Waals surface area (Å²) < 4.78 is 17.0. The zero-order valence-corrected chi connectivity index (χ0v) is 7.87. The van der Waals surface area contributed by atoms with Crippen molar-refractivity contribution in [3.63, 3.8) is 0 Å². The van der Waals surface area contributed by atoms with Gasteiger partial charge >= 0.3 is 5.97 Å². The van der Waals surface area contributed by atoms with Crippen LogP contribution >= 0.6 is 0 Å². The van der Waals surface area contributed by atoms with Crippen LogP contribution in [0.3, 0.4) is 0 Å². The normalized spacial score (nSPS) is 10.4. The number of carbonyl (C=O) groups is 1. The molecule has 74 valence electrons. The minimum Gasteiger partial charge on any atom is -0.469 e. The minimum atomic E-state index is -0.289. The molecule has 0 atom stereocenters. The zero-order valence-electron chi connectivity index (χ0n) is 7.87. The van der Waals surface area contributed by atoms with Gasteiger partial charge in [-0.3, -0.25) is 4.79 Å². The van der Waals surface area contributed by atoms with E-state index in [1.165, 1.54) is 19.2 Å². The van der Waals surface area contributed by atoms with Crippen LogP contribution in [0.2, 0.25) is 0 Å². The van der Waals surface area contributed by atoms with E-state index in [1.54, 1.807) is 24.3 Å². The molecule has 0 spiro atoms. The van der Waals surface area contributed by atoms with Crippen molar-refractivity contribution in [3.8, 4) is 0 Å². The molecule has 0 bridgehead atoms. The smallest absolute Gasteiger partial charge is 0.309 e. The first-order valence-corrected chi connectivity index (χ1v) is 4.21. The highest BCUT2D eigenvalue weighted by atomic mass is 19.1. The molecule has 0 saturated heterocycles. The van der Waals surface area contributed by atoms with E-state index in [4.69, 9.17) is 0 Å². The fourth-order valence-electron chi connectivity index (χ4n) is 0.948. The molecule has 0 fully saturated rings. The Morgan fingerprint density at radius 3 is 2.64 bits per heavy atom. The number of carbonyl (C=O) groups excluding carboxylic acids is 1. The van der Waals surface area contributed by atoms with E-state index in [0.29, 0.717) is 0 Å². The lowest BCUT2D eigenvalue weighted by Crippen LogP contribution is -1.96. The Kier molecular flexibility index (Phi) is 3.85. The van der Waals surface area contributed by atoms with Crippen LogP contribution in [-0.4, -0.2) is 13.1 Å². The van der Waals surface area contributed by atoms with E-state index < -0.39 is 0 Å². The van der Waals surface area contributed by atoms with Gasteiger partial charge < -0.3 is 4.74 Å². The molecule has 0 unspecified atom stereocenters. The van der Waals surface area contributed by atoms with Gasteiger partial charge in [-0.15, -0.1) is 0 Å². The van der Waals surface area contributed by atoms with Crippen LogP contribution in [-0.2, 0) is 9.53 Å². The molecular weight excluding hydrogens is 183 g/mol. The van der Waals surface area contributed by atoms with Crippen molar-refractivity contribution in [3.05, 3.63) is 41.7 Å². The Morgan fingerprint density at radius 1 is 1.43 bits per heavy atom. The van der Waals surface area contributed by atoms with Gasteiger partial charge in [-0.2, -0.15) is 0 Å². The van der Waals surface area contributed by atoms with E-state index in [9.17, 15) is 9.18 Å². The highest BCUT2D eigenvalue weighted by molar-refractivity contribution is 5.72. The Labute approximate surface area is 82.0 Å². The molecule has 3 heteroatoms. The molecule has 1 aromatic carbocycles. The van der Waals surface area contributed by atoms with Gasteiger partial charge in [-0.05, 0) is 17.7 Å². The quantitative estimate of drug-likeness (QED) is 0.690. The second kappa shape index (κ2) is 5.17. The Bertz CT molecular complexity index is 328. The summed E-state index contributed by atoms with van der Waals surface area (Å²) in [7, 11) is 1.34. The maximum absolute atomic E-state index is 12.5. The molecule has 0 aliphatic carbocycles. The summed E-state index contributed by atoms with van der Waals surface area (Å²) in [5.41, 5.74) is 0.857. The monoisotopic (exact) mass is 194 g/mol. The average molecular weight is 194 g/mol. The van der Waals surface area contributed by atoms with Crippen molar-refractivity contribution in [2.75, 3.05) is 7.11 Å². The fraction of sp³-hybridized carbons (Fsp3) is 0.182. The molecule has 1 aromatic rings. The zero-order chi connectivity index (χ0) is 10.4. The second-order valence-electron chi connectivity index (χ2n) is 2.73. The number of rotatable bonds is 3. The summed E-state index contributed by atoms with van der Waals surface area (Å²) in [4.78, 5) is 10.7. The lowest BCUT2D eigenvalue weighted by atomic mass is 10.2. The van der Waals surface area contributed by atoms with Crippen molar-refractivity contribution >= 4 is 12.0 Å². The maximum Gasteiger partial charge on any atom is 0.309 e. The van der Waals surface area contributed by atoms with E-state index >= 15 is 0 Å². The van der Waals surface area contributed by atoms with Crippen molar-refractivity contribution in [1.29, 1.82) is 0 Å². The van der Waals surface area contributed by atoms with Gasteiger partial charge in [0.25, 0.3) is 0 Å². The summed E-state index contributed by atoms with van der Waals surface area (Å²) in [6.07, 6.45) is 3.66. The number of benzene rings is 1. The highest BCUT2D eigenvalue weighted by Crippen LogP contribution is 2.05. The summed E-state index contributed by atoms with van der Waals surface area (Å²) in [6, 6.07) is 6.03. The SMILES string of the molecule is COC(=O)C/C=C/c1ccc(F)cc1. The van der Waals surface area contributed by atoms with Gasteiger partial charge in [0.15, 0.2) is 0 Å². The number of methoxy groups -OCH3 is 1. The van der Waals surface area contributed by atoms with E-state index in [0.717, 1.165) is 5.56 Å². The van der Waals surface area contributed by atoms with Crippen LogP contribution in [0.25, 0.3) is 6.08 Å². The van der Waals surface area contributed by atoms with Gasteiger partial charge in [0.1, 0.15) is 5.82 Å². The predicted octanol–water partition coefficient (Wildman–Crippen LogP) is 2.40. The molecule has 0 heterocycles. The molecule has 0 radical (unpaired) electrons. The Hall–Kier alpha value is -1.64. The lowest BCUT2D eigenvalue weighted by Gasteiger charge is -1.93. The van der Waals surface area contributed by atoms with Crippen molar-refractivity contribution in [1.82, 2.24) is 0 Å². The van der Waals surface area contributed by atoms with Crippen LogP contribution < -0.4 is 0 Å². The first-order valence-electron chi connectivity index (χ1n) is 4.21.